The summed E-state index contributed by atoms with van der Waals surface area (Å²) in [7, 11) is 1.54. The summed E-state index contributed by atoms with van der Waals surface area (Å²) in [4.78, 5) is 28.3. The van der Waals surface area contributed by atoms with Crippen molar-refractivity contribution in [2.75, 3.05) is 7.05 Å². The molecule has 3 rings (SSSR count). The van der Waals surface area contributed by atoms with Gasteiger partial charge in [-0.05, 0) is 47.7 Å². The molecule has 2 N–H and O–H groups in total. The van der Waals surface area contributed by atoms with E-state index >= 15 is 0 Å². The van der Waals surface area contributed by atoms with Crippen LogP contribution in [-0.2, 0) is 6.54 Å². The van der Waals surface area contributed by atoms with Gasteiger partial charge in [0.25, 0.3) is 5.56 Å². The van der Waals surface area contributed by atoms with Crippen LogP contribution in [0.3, 0.4) is 0 Å². The average Bonchev–Trinajstić information content (AvgIpc) is 2.68. The first-order valence-corrected chi connectivity index (χ1v) is 8.53. The van der Waals surface area contributed by atoms with Gasteiger partial charge in [-0.2, -0.15) is 0 Å². The van der Waals surface area contributed by atoms with Gasteiger partial charge in [0.15, 0.2) is 11.6 Å². The summed E-state index contributed by atoms with van der Waals surface area (Å²) in [6.45, 7) is 1.90. The van der Waals surface area contributed by atoms with Gasteiger partial charge in [0.2, 0.25) is 0 Å². The molecule has 0 fully saturated rings. The maximum atomic E-state index is 13.7. The number of amides is 2. The minimum absolute atomic E-state index is 0.00312. The average molecular weight is 389 g/mol. The molecule has 1 heterocycles. The quantitative estimate of drug-likeness (QED) is 0.712. The van der Waals surface area contributed by atoms with Crippen LogP contribution in [0, 0.1) is 17.5 Å². The molecule has 1 atom stereocenters. The molecule has 0 radical (unpaired) electrons. The van der Waals surface area contributed by atoms with Crippen LogP contribution in [0.25, 0.3) is 10.8 Å². The highest BCUT2D eigenvalue weighted by Crippen LogP contribution is 2.26. The first kappa shape index (κ1) is 19.5. The van der Waals surface area contributed by atoms with E-state index in [4.69, 9.17) is 0 Å². The number of benzene rings is 2. The summed E-state index contributed by atoms with van der Waals surface area (Å²) in [5.41, 5.74) is 0.643. The lowest BCUT2D eigenvalue weighted by Crippen LogP contribution is -2.38. The van der Waals surface area contributed by atoms with E-state index in [0.29, 0.717) is 5.56 Å². The Hall–Kier alpha value is -3.29. The smallest absolute Gasteiger partial charge is 0.317 e. The van der Waals surface area contributed by atoms with Gasteiger partial charge in [-0.25, -0.2) is 18.0 Å². The number of urea groups is 1. The van der Waals surface area contributed by atoms with Crippen molar-refractivity contribution in [1.82, 2.24) is 15.2 Å². The van der Waals surface area contributed by atoms with Crippen molar-refractivity contribution >= 4 is 16.8 Å². The van der Waals surface area contributed by atoms with E-state index in [0.717, 1.165) is 17.7 Å². The molecular weight excluding hydrogens is 371 g/mol. The maximum Gasteiger partial charge on any atom is 0.317 e. The lowest BCUT2D eigenvalue weighted by molar-refractivity contribution is 0.194. The number of nitrogens with zero attached hydrogens (tertiary/aromatic N) is 1. The molecule has 0 aliphatic heterocycles. The molecule has 0 saturated heterocycles. The lowest BCUT2D eigenvalue weighted by atomic mass is 10.0. The van der Waals surface area contributed by atoms with Gasteiger partial charge in [-0.1, -0.05) is 12.1 Å². The minimum Gasteiger partial charge on any atom is -0.334 e. The van der Waals surface area contributed by atoms with Crippen LogP contribution in [0.4, 0.5) is 18.0 Å². The summed E-state index contributed by atoms with van der Waals surface area (Å²) in [6.07, 6.45) is 1.39. The van der Waals surface area contributed by atoms with E-state index in [9.17, 15) is 22.8 Å². The molecule has 2 amide bonds. The summed E-state index contributed by atoms with van der Waals surface area (Å²) >= 11 is 0. The Morgan fingerprint density at radius 1 is 1.11 bits per heavy atom. The highest BCUT2D eigenvalue weighted by atomic mass is 19.2. The summed E-state index contributed by atoms with van der Waals surface area (Å²) in [5, 5.41) is 2.94. The van der Waals surface area contributed by atoms with Crippen molar-refractivity contribution in [2.24, 2.45) is 0 Å². The zero-order valence-electron chi connectivity index (χ0n) is 15.2. The molecule has 0 saturated carbocycles. The molecule has 2 aromatic carbocycles. The largest absolute Gasteiger partial charge is 0.334 e. The first-order valence-electron chi connectivity index (χ1n) is 8.53. The number of pyridine rings is 1. The number of fused-ring (bicyclic) bond motifs is 1. The minimum atomic E-state index is -1.12. The number of hydrogen-bond donors (Lipinski definition) is 2. The van der Waals surface area contributed by atoms with Crippen LogP contribution in [0.1, 0.15) is 24.1 Å². The molecular formula is C20H18F3N3O2. The Labute approximate surface area is 158 Å². The molecule has 5 nitrogen and oxygen atoms in total. The van der Waals surface area contributed by atoms with Gasteiger partial charge in [-0.3, -0.25) is 4.79 Å². The predicted octanol–water partition coefficient (Wildman–Crippen LogP) is 3.85. The van der Waals surface area contributed by atoms with E-state index in [-0.39, 0.29) is 23.1 Å². The standard InChI is InChI=1S/C20H18F3N3O2/c1-11(26(2)20(28)25-9-12-3-5-13(21)6-4-12)16-10-24-19(27)15-8-18(23)17(22)7-14(15)16/h3-8,10-11H,9H2,1-2H3,(H,24,27)(H,25,28)/t11-/m1/s1. The third-order valence-corrected chi connectivity index (χ3v) is 4.68. The van der Waals surface area contributed by atoms with Gasteiger partial charge in [0.05, 0.1) is 11.4 Å². The van der Waals surface area contributed by atoms with E-state index in [1.54, 1.807) is 26.1 Å². The number of carbonyl (C=O) groups excluding carboxylic acids is 1. The fourth-order valence-corrected chi connectivity index (χ4v) is 2.91. The van der Waals surface area contributed by atoms with E-state index in [2.05, 4.69) is 10.3 Å². The fraction of sp³-hybridized carbons (Fsp3) is 0.200. The molecule has 3 aromatic rings. The van der Waals surface area contributed by atoms with E-state index < -0.39 is 29.3 Å². The van der Waals surface area contributed by atoms with Crippen LogP contribution in [0.15, 0.2) is 47.4 Å². The van der Waals surface area contributed by atoms with Crippen molar-refractivity contribution in [3.05, 3.63) is 81.5 Å². The zero-order chi connectivity index (χ0) is 20.4. The molecule has 0 aliphatic rings. The molecule has 0 unspecified atom stereocenters. The predicted molar refractivity (Wildman–Crippen MR) is 99.3 cm³/mol. The third kappa shape index (κ3) is 3.85. The number of rotatable bonds is 4. The number of aromatic amines is 1. The topological polar surface area (TPSA) is 65.2 Å². The Morgan fingerprint density at radius 3 is 2.36 bits per heavy atom. The van der Waals surface area contributed by atoms with Crippen LogP contribution >= 0.6 is 0 Å². The van der Waals surface area contributed by atoms with Crippen molar-refractivity contribution in [1.29, 1.82) is 0 Å². The highest BCUT2D eigenvalue weighted by Gasteiger charge is 2.21. The molecule has 8 heteroatoms. The maximum absolute atomic E-state index is 13.7. The number of aromatic nitrogens is 1. The van der Waals surface area contributed by atoms with Gasteiger partial charge in [-0.15, -0.1) is 0 Å². The Kier molecular flexibility index (Phi) is 5.39. The van der Waals surface area contributed by atoms with Gasteiger partial charge < -0.3 is 15.2 Å². The third-order valence-electron chi connectivity index (χ3n) is 4.68. The second kappa shape index (κ2) is 7.75. The Morgan fingerprint density at radius 2 is 1.71 bits per heavy atom. The number of hydrogen-bond acceptors (Lipinski definition) is 2. The number of nitrogens with one attached hydrogen (secondary N) is 2. The van der Waals surface area contributed by atoms with Gasteiger partial charge in [0, 0.05) is 19.8 Å². The zero-order valence-corrected chi connectivity index (χ0v) is 15.2. The SMILES string of the molecule is C[C@H](c1c[nH]c(=O)c2cc(F)c(F)cc12)N(C)C(=O)NCc1ccc(F)cc1. The second-order valence-electron chi connectivity index (χ2n) is 6.46. The van der Waals surface area contributed by atoms with Crippen LogP contribution in [-0.4, -0.2) is 23.0 Å². The molecule has 0 aliphatic carbocycles. The van der Waals surface area contributed by atoms with Crippen LogP contribution in [0.2, 0.25) is 0 Å². The summed E-state index contributed by atoms with van der Waals surface area (Å²) < 4.78 is 40.2. The molecule has 0 spiro atoms. The molecule has 0 bridgehead atoms. The van der Waals surface area contributed by atoms with Crippen molar-refractivity contribution in [3.63, 3.8) is 0 Å². The highest BCUT2D eigenvalue weighted by molar-refractivity contribution is 5.86. The Bertz CT molecular complexity index is 1080. The lowest BCUT2D eigenvalue weighted by Gasteiger charge is -2.26. The number of H-pyrrole nitrogens is 1. The van der Waals surface area contributed by atoms with Crippen LogP contribution in [0.5, 0.6) is 0 Å². The van der Waals surface area contributed by atoms with Gasteiger partial charge in [0.1, 0.15) is 5.82 Å². The van der Waals surface area contributed by atoms with Crippen molar-refractivity contribution in [2.45, 2.75) is 19.5 Å². The second-order valence-corrected chi connectivity index (χ2v) is 6.46. The molecule has 28 heavy (non-hydrogen) atoms. The Balaban J connectivity index is 1.82. The monoisotopic (exact) mass is 389 g/mol. The normalized spacial score (nSPS) is 12.0. The van der Waals surface area contributed by atoms with Crippen molar-refractivity contribution < 1.29 is 18.0 Å². The fourth-order valence-electron chi connectivity index (χ4n) is 2.91. The number of halogens is 3. The van der Waals surface area contributed by atoms with Crippen molar-refractivity contribution in [3.8, 4) is 0 Å². The number of carbonyl (C=O) groups is 1. The van der Waals surface area contributed by atoms with Gasteiger partial charge >= 0.3 is 6.03 Å². The van der Waals surface area contributed by atoms with E-state index in [1.165, 1.54) is 23.2 Å². The molecule has 146 valence electrons. The molecule has 1 aromatic heterocycles. The van der Waals surface area contributed by atoms with Crippen LogP contribution < -0.4 is 10.9 Å². The summed E-state index contributed by atoms with van der Waals surface area (Å²) in [6, 6.07) is 6.56. The summed E-state index contributed by atoms with van der Waals surface area (Å²) in [5.74, 6) is -2.56. The first-order chi connectivity index (χ1) is 13.3. The van der Waals surface area contributed by atoms with E-state index in [1.807, 2.05) is 0 Å².